The first-order chi connectivity index (χ1) is 13.7. The van der Waals surface area contributed by atoms with Crippen molar-refractivity contribution in [1.29, 1.82) is 0 Å². The molecule has 0 fully saturated rings. The lowest BCUT2D eigenvalue weighted by atomic mass is 10.1. The van der Waals surface area contributed by atoms with E-state index in [2.05, 4.69) is 4.98 Å². The number of aromatic nitrogens is 2. The summed E-state index contributed by atoms with van der Waals surface area (Å²) in [6, 6.07) is 15.4. The number of hydrogen-bond donors (Lipinski definition) is 1. The Balaban J connectivity index is 1.61. The van der Waals surface area contributed by atoms with Gasteiger partial charge in [-0.25, -0.2) is 9.78 Å². The molecular formula is C22H22N2O4. The number of nitrogens with zero attached hydrogens (tertiary/aromatic N) is 2. The standard InChI is InChI=1S/C22H22N2O4/c25-22(26)10-9-19-8-7-18(16-24-12-11-23-17-24)15-21(19)28-14-4-13-27-20-5-2-1-3-6-20/h1-3,5-12,15,17H,4,13-14,16H2,(H,25,26)/b10-9+. The van der Waals surface area contributed by atoms with Crippen LogP contribution < -0.4 is 9.47 Å². The summed E-state index contributed by atoms with van der Waals surface area (Å²) in [4.78, 5) is 14.9. The van der Waals surface area contributed by atoms with Gasteiger partial charge < -0.3 is 19.1 Å². The molecule has 0 spiro atoms. The maximum Gasteiger partial charge on any atom is 0.328 e. The van der Waals surface area contributed by atoms with Gasteiger partial charge in [-0.2, -0.15) is 0 Å². The van der Waals surface area contributed by atoms with Gasteiger partial charge >= 0.3 is 5.97 Å². The molecule has 6 heteroatoms. The third-order valence-corrected chi connectivity index (χ3v) is 3.97. The molecule has 1 N–H and O–H groups in total. The summed E-state index contributed by atoms with van der Waals surface area (Å²) in [5.41, 5.74) is 1.77. The van der Waals surface area contributed by atoms with E-state index in [-0.39, 0.29) is 0 Å². The number of para-hydroxylation sites is 1. The van der Waals surface area contributed by atoms with Gasteiger partial charge in [-0.05, 0) is 29.8 Å². The molecular weight excluding hydrogens is 356 g/mol. The van der Waals surface area contributed by atoms with Crippen LogP contribution in [-0.2, 0) is 11.3 Å². The van der Waals surface area contributed by atoms with Gasteiger partial charge in [0.05, 0.1) is 19.5 Å². The van der Waals surface area contributed by atoms with E-state index >= 15 is 0 Å². The summed E-state index contributed by atoms with van der Waals surface area (Å²) in [5, 5.41) is 8.89. The fourth-order valence-corrected chi connectivity index (χ4v) is 2.64. The van der Waals surface area contributed by atoms with E-state index < -0.39 is 5.97 Å². The molecule has 0 unspecified atom stereocenters. The van der Waals surface area contributed by atoms with Crippen molar-refractivity contribution in [1.82, 2.24) is 9.55 Å². The number of carboxylic acid groups (broad SMARTS) is 1. The molecule has 6 nitrogen and oxygen atoms in total. The van der Waals surface area contributed by atoms with Crippen molar-refractivity contribution in [2.75, 3.05) is 13.2 Å². The third-order valence-electron chi connectivity index (χ3n) is 3.97. The molecule has 28 heavy (non-hydrogen) atoms. The highest BCUT2D eigenvalue weighted by molar-refractivity contribution is 5.85. The normalized spacial score (nSPS) is 10.9. The van der Waals surface area contributed by atoms with Crippen LogP contribution in [0.2, 0.25) is 0 Å². The Bertz CT molecular complexity index is 906. The Morgan fingerprint density at radius 3 is 2.68 bits per heavy atom. The summed E-state index contributed by atoms with van der Waals surface area (Å²) >= 11 is 0. The van der Waals surface area contributed by atoms with Crippen LogP contribution in [-0.4, -0.2) is 33.8 Å². The molecule has 0 saturated heterocycles. The van der Waals surface area contributed by atoms with Crippen LogP contribution in [0, 0.1) is 0 Å². The maximum atomic E-state index is 10.8. The lowest BCUT2D eigenvalue weighted by Crippen LogP contribution is -2.06. The summed E-state index contributed by atoms with van der Waals surface area (Å²) in [5.74, 6) is 0.481. The highest BCUT2D eigenvalue weighted by Crippen LogP contribution is 2.23. The summed E-state index contributed by atoms with van der Waals surface area (Å²) in [7, 11) is 0. The monoisotopic (exact) mass is 378 g/mol. The zero-order chi connectivity index (χ0) is 19.6. The summed E-state index contributed by atoms with van der Waals surface area (Å²) < 4.78 is 13.5. The molecule has 1 heterocycles. The first-order valence-electron chi connectivity index (χ1n) is 9.01. The number of aliphatic carboxylic acids is 1. The van der Waals surface area contributed by atoms with Crippen molar-refractivity contribution in [3.63, 3.8) is 0 Å². The van der Waals surface area contributed by atoms with E-state index in [0.29, 0.717) is 31.9 Å². The van der Waals surface area contributed by atoms with Crippen molar-refractivity contribution in [3.05, 3.63) is 84.5 Å². The molecule has 0 radical (unpaired) electrons. The second-order valence-electron chi connectivity index (χ2n) is 6.14. The lowest BCUT2D eigenvalue weighted by Gasteiger charge is -2.12. The van der Waals surface area contributed by atoms with Crippen molar-refractivity contribution in [2.45, 2.75) is 13.0 Å². The quantitative estimate of drug-likeness (QED) is 0.428. The molecule has 2 aromatic carbocycles. The summed E-state index contributed by atoms with van der Waals surface area (Å²) in [6.45, 7) is 1.67. The van der Waals surface area contributed by atoms with E-state index in [1.165, 1.54) is 0 Å². The molecule has 3 rings (SSSR count). The van der Waals surface area contributed by atoms with E-state index in [1.807, 2.05) is 59.3 Å². The third kappa shape index (κ3) is 6.02. The zero-order valence-electron chi connectivity index (χ0n) is 15.4. The molecule has 0 atom stereocenters. The van der Waals surface area contributed by atoms with Crippen LogP contribution in [0.25, 0.3) is 6.08 Å². The van der Waals surface area contributed by atoms with Crippen molar-refractivity contribution >= 4 is 12.0 Å². The second-order valence-corrected chi connectivity index (χ2v) is 6.14. The molecule has 1 aromatic heterocycles. The lowest BCUT2D eigenvalue weighted by molar-refractivity contribution is -0.131. The molecule has 0 bridgehead atoms. The van der Waals surface area contributed by atoms with Crippen LogP contribution >= 0.6 is 0 Å². The van der Waals surface area contributed by atoms with Gasteiger partial charge in [0.1, 0.15) is 11.5 Å². The molecule has 144 valence electrons. The number of ether oxygens (including phenoxy) is 2. The van der Waals surface area contributed by atoms with Crippen LogP contribution in [0.1, 0.15) is 17.5 Å². The van der Waals surface area contributed by atoms with Gasteiger partial charge in [0, 0.05) is 37.0 Å². The van der Waals surface area contributed by atoms with Crippen LogP contribution in [0.4, 0.5) is 0 Å². The molecule has 0 saturated carbocycles. The number of hydrogen-bond acceptors (Lipinski definition) is 4. The van der Waals surface area contributed by atoms with Gasteiger partial charge in [0.25, 0.3) is 0 Å². The Morgan fingerprint density at radius 2 is 1.93 bits per heavy atom. The number of imidazole rings is 1. The first-order valence-corrected chi connectivity index (χ1v) is 9.01. The Hall–Kier alpha value is -3.54. The van der Waals surface area contributed by atoms with Crippen LogP contribution in [0.15, 0.2) is 73.3 Å². The fourth-order valence-electron chi connectivity index (χ4n) is 2.64. The van der Waals surface area contributed by atoms with Gasteiger partial charge in [-0.1, -0.05) is 30.3 Å². The van der Waals surface area contributed by atoms with Crippen molar-refractivity contribution in [3.8, 4) is 11.5 Å². The molecule has 0 aliphatic rings. The number of benzene rings is 2. The molecule has 0 amide bonds. The average Bonchev–Trinajstić information content (AvgIpc) is 3.21. The molecule has 0 aliphatic carbocycles. The summed E-state index contributed by atoms with van der Waals surface area (Å²) in [6.07, 6.45) is 8.73. The van der Waals surface area contributed by atoms with Gasteiger partial charge in [-0.3, -0.25) is 0 Å². The Kier molecular flexibility index (Phi) is 6.84. The van der Waals surface area contributed by atoms with Gasteiger partial charge in [-0.15, -0.1) is 0 Å². The minimum Gasteiger partial charge on any atom is -0.493 e. The minimum atomic E-state index is -0.996. The topological polar surface area (TPSA) is 73.6 Å². The highest BCUT2D eigenvalue weighted by atomic mass is 16.5. The fraction of sp³-hybridized carbons (Fsp3) is 0.182. The SMILES string of the molecule is O=C(O)/C=C/c1ccc(Cn2ccnc2)cc1OCCCOc1ccccc1. The zero-order valence-corrected chi connectivity index (χ0v) is 15.4. The number of rotatable bonds is 10. The van der Waals surface area contributed by atoms with Crippen molar-refractivity contribution in [2.24, 2.45) is 0 Å². The largest absolute Gasteiger partial charge is 0.493 e. The highest BCUT2D eigenvalue weighted by Gasteiger charge is 2.05. The predicted octanol–water partition coefficient (Wildman–Crippen LogP) is 3.88. The van der Waals surface area contributed by atoms with E-state index in [9.17, 15) is 4.79 Å². The van der Waals surface area contributed by atoms with Gasteiger partial charge in [0.2, 0.25) is 0 Å². The molecule has 3 aromatic rings. The van der Waals surface area contributed by atoms with Gasteiger partial charge in [0.15, 0.2) is 0 Å². The average molecular weight is 378 g/mol. The Morgan fingerprint density at radius 1 is 1.11 bits per heavy atom. The van der Waals surface area contributed by atoms with E-state index in [0.717, 1.165) is 23.0 Å². The smallest absolute Gasteiger partial charge is 0.328 e. The maximum absolute atomic E-state index is 10.8. The number of carbonyl (C=O) groups is 1. The molecule has 0 aliphatic heterocycles. The second kappa shape index (κ2) is 9.97. The Labute approximate surface area is 163 Å². The van der Waals surface area contributed by atoms with Crippen LogP contribution in [0.3, 0.4) is 0 Å². The minimum absolute atomic E-state index is 0.468. The van der Waals surface area contributed by atoms with E-state index in [4.69, 9.17) is 14.6 Å². The predicted molar refractivity (Wildman–Crippen MR) is 106 cm³/mol. The van der Waals surface area contributed by atoms with Crippen molar-refractivity contribution < 1.29 is 19.4 Å². The number of carboxylic acids is 1. The van der Waals surface area contributed by atoms with E-state index in [1.54, 1.807) is 18.6 Å². The van der Waals surface area contributed by atoms with Crippen LogP contribution in [0.5, 0.6) is 11.5 Å². The first kappa shape index (κ1) is 19.2.